The molecule has 0 spiro atoms. The van der Waals surface area contributed by atoms with Gasteiger partial charge in [-0.15, -0.1) is 23.7 Å². The van der Waals surface area contributed by atoms with Crippen LogP contribution in [0.3, 0.4) is 0 Å². The number of amidine groups is 1. The number of nitrogens with one attached hydrogen (secondary N) is 1. The smallest absolute Gasteiger partial charge is 0.133 e. The van der Waals surface area contributed by atoms with Crippen molar-refractivity contribution in [1.29, 1.82) is 5.41 Å². The summed E-state index contributed by atoms with van der Waals surface area (Å²) in [5.74, 6) is 0.130. The van der Waals surface area contributed by atoms with Crippen molar-refractivity contribution in [2.45, 2.75) is 0 Å². The highest BCUT2D eigenvalue weighted by atomic mass is 79.9. The molecule has 0 amide bonds. The van der Waals surface area contributed by atoms with E-state index < -0.39 is 0 Å². The third-order valence-electron chi connectivity index (χ3n) is 0.839. The van der Waals surface area contributed by atoms with Crippen molar-refractivity contribution in [3.63, 3.8) is 0 Å². The van der Waals surface area contributed by atoms with Crippen molar-refractivity contribution >= 4 is 45.5 Å². The molecule has 56 valence electrons. The van der Waals surface area contributed by atoms with Crippen molar-refractivity contribution in [2.75, 3.05) is 0 Å². The van der Waals surface area contributed by atoms with E-state index in [-0.39, 0.29) is 18.2 Å². The van der Waals surface area contributed by atoms with Crippen molar-refractivity contribution in [3.8, 4) is 0 Å². The van der Waals surface area contributed by atoms with Crippen LogP contribution < -0.4 is 5.73 Å². The van der Waals surface area contributed by atoms with Gasteiger partial charge in [0.05, 0.1) is 8.66 Å². The van der Waals surface area contributed by atoms with Crippen LogP contribution >= 0.6 is 39.7 Å². The molecular weight excluding hydrogens is 235 g/mol. The molecule has 1 aromatic rings. The van der Waals surface area contributed by atoms with Gasteiger partial charge in [-0.1, -0.05) is 0 Å². The van der Waals surface area contributed by atoms with Crippen LogP contribution in [0, 0.1) is 5.41 Å². The number of hydrogen-bond donors (Lipinski definition) is 2. The lowest BCUT2D eigenvalue weighted by Gasteiger charge is -1.85. The molecule has 10 heavy (non-hydrogen) atoms. The second-order valence-electron chi connectivity index (χ2n) is 1.52. The summed E-state index contributed by atoms with van der Waals surface area (Å²) in [6.45, 7) is 0. The van der Waals surface area contributed by atoms with E-state index in [1.807, 2.05) is 12.1 Å². The van der Waals surface area contributed by atoms with Gasteiger partial charge in [-0.2, -0.15) is 0 Å². The topological polar surface area (TPSA) is 49.9 Å². The molecule has 1 heterocycles. The molecule has 0 atom stereocenters. The molecule has 0 aromatic carbocycles. The maximum atomic E-state index is 7.02. The second kappa shape index (κ2) is 3.95. The van der Waals surface area contributed by atoms with Crippen LogP contribution in [-0.4, -0.2) is 5.84 Å². The van der Waals surface area contributed by atoms with E-state index in [2.05, 4.69) is 15.9 Å². The minimum Gasteiger partial charge on any atom is -0.383 e. The SMILES string of the molecule is Cl.N=C(N)c1ccc(Br)s1. The minimum absolute atomic E-state index is 0. The number of hydrogen-bond acceptors (Lipinski definition) is 2. The fourth-order valence-electron chi connectivity index (χ4n) is 0.459. The van der Waals surface area contributed by atoms with Crippen molar-refractivity contribution in [3.05, 3.63) is 20.8 Å². The molecule has 0 aliphatic heterocycles. The monoisotopic (exact) mass is 240 g/mol. The largest absolute Gasteiger partial charge is 0.383 e. The summed E-state index contributed by atoms with van der Waals surface area (Å²) >= 11 is 4.73. The number of nitrogens with two attached hydrogens (primary N) is 1. The lowest BCUT2D eigenvalue weighted by Crippen LogP contribution is -2.08. The van der Waals surface area contributed by atoms with E-state index in [0.29, 0.717) is 0 Å². The Bertz CT molecular complexity index is 235. The molecule has 1 aromatic heterocycles. The van der Waals surface area contributed by atoms with Gasteiger partial charge in [-0.3, -0.25) is 5.41 Å². The number of rotatable bonds is 1. The van der Waals surface area contributed by atoms with E-state index in [1.54, 1.807) is 0 Å². The Morgan fingerprint density at radius 3 is 2.40 bits per heavy atom. The molecule has 3 N–H and O–H groups in total. The maximum absolute atomic E-state index is 7.02. The van der Waals surface area contributed by atoms with Gasteiger partial charge < -0.3 is 5.73 Å². The van der Waals surface area contributed by atoms with E-state index in [0.717, 1.165) is 8.66 Å². The quantitative estimate of drug-likeness (QED) is 0.575. The standard InChI is InChI=1S/C5H5BrN2S.ClH/c6-4-2-1-3(9-4)5(7)8;/h1-2H,(H3,7,8);1H. The molecule has 0 saturated carbocycles. The predicted octanol–water partition coefficient (Wildman–Crippen LogP) is 2.22. The lowest BCUT2D eigenvalue weighted by atomic mass is 10.4. The van der Waals surface area contributed by atoms with Crippen LogP contribution in [0.2, 0.25) is 0 Å². The van der Waals surface area contributed by atoms with Crippen LogP contribution in [0.15, 0.2) is 15.9 Å². The number of halogens is 2. The van der Waals surface area contributed by atoms with Crippen LogP contribution in [0.25, 0.3) is 0 Å². The summed E-state index contributed by atoms with van der Waals surface area (Å²) in [7, 11) is 0. The Balaban J connectivity index is 0.000000810. The molecule has 1 rings (SSSR count). The van der Waals surface area contributed by atoms with Crippen molar-refractivity contribution < 1.29 is 0 Å². The third-order valence-corrected chi connectivity index (χ3v) is 2.50. The van der Waals surface area contributed by atoms with E-state index in [1.165, 1.54) is 11.3 Å². The maximum Gasteiger partial charge on any atom is 0.133 e. The van der Waals surface area contributed by atoms with Crippen LogP contribution in [0.5, 0.6) is 0 Å². The zero-order valence-corrected chi connectivity index (χ0v) is 8.15. The molecule has 0 saturated heterocycles. The fourth-order valence-corrected chi connectivity index (χ4v) is 1.71. The molecule has 2 nitrogen and oxygen atoms in total. The second-order valence-corrected chi connectivity index (χ2v) is 3.98. The van der Waals surface area contributed by atoms with Crippen molar-refractivity contribution in [2.24, 2.45) is 5.73 Å². The molecule has 0 radical (unpaired) electrons. The van der Waals surface area contributed by atoms with E-state index >= 15 is 0 Å². The molecule has 0 aliphatic rings. The van der Waals surface area contributed by atoms with Crippen LogP contribution in [0.1, 0.15) is 4.88 Å². The molecular formula is C5H6BrClN2S. The summed E-state index contributed by atoms with van der Waals surface area (Å²) < 4.78 is 1.01. The summed E-state index contributed by atoms with van der Waals surface area (Å²) in [4.78, 5) is 0.807. The Morgan fingerprint density at radius 2 is 2.20 bits per heavy atom. The first-order valence-electron chi connectivity index (χ1n) is 2.30. The van der Waals surface area contributed by atoms with E-state index in [9.17, 15) is 0 Å². The summed E-state index contributed by atoms with van der Waals surface area (Å²) in [5, 5.41) is 7.02. The Labute approximate surface area is 77.5 Å². The van der Waals surface area contributed by atoms with Crippen LogP contribution in [0.4, 0.5) is 0 Å². The summed E-state index contributed by atoms with van der Waals surface area (Å²) in [6.07, 6.45) is 0. The average Bonchev–Trinajstić information content (AvgIpc) is 2.14. The lowest BCUT2D eigenvalue weighted by molar-refractivity contribution is 1.45. The van der Waals surface area contributed by atoms with Gasteiger partial charge in [-0.05, 0) is 28.1 Å². The zero-order valence-electron chi connectivity index (χ0n) is 4.93. The minimum atomic E-state index is 0. The third kappa shape index (κ3) is 2.28. The van der Waals surface area contributed by atoms with Gasteiger partial charge in [-0.25, -0.2) is 0 Å². The fraction of sp³-hybridized carbons (Fsp3) is 0. The summed E-state index contributed by atoms with van der Waals surface area (Å²) in [6, 6.07) is 3.69. The Hall–Kier alpha value is -0.0600. The molecule has 0 fully saturated rings. The van der Waals surface area contributed by atoms with Crippen LogP contribution in [-0.2, 0) is 0 Å². The van der Waals surface area contributed by atoms with E-state index in [4.69, 9.17) is 11.1 Å². The van der Waals surface area contributed by atoms with Gasteiger partial charge in [0.25, 0.3) is 0 Å². The molecule has 0 unspecified atom stereocenters. The van der Waals surface area contributed by atoms with Crippen molar-refractivity contribution in [1.82, 2.24) is 0 Å². The average molecular weight is 242 g/mol. The van der Waals surface area contributed by atoms with Gasteiger partial charge in [0, 0.05) is 0 Å². The molecule has 0 aliphatic carbocycles. The number of thiophene rings is 1. The van der Waals surface area contributed by atoms with Gasteiger partial charge >= 0.3 is 0 Å². The molecule has 0 bridgehead atoms. The number of nitrogen functional groups attached to an aromatic ring is 1. The summed E-state index contributed by atoms with van der Waals surface area (Å²) in [5.41, 5.74) is 5.20. The normalized spacial score (nSPS) is 8.50. The first-order valence-corrected chi connectivity index (χ1v) is 3.91. The Kier molecular flexibility index (Phi) is 3.93. The first-order chi connectivity index (χ1) is 4.20. The predicted molar refractivity (Wildman–Crippen MR) is 50.3 cm³/mol. The van der Waals surface area contributed by atoms with Gasteiger partial charge in [0.15, 0.2) is 0 Å². The highest BCUT2D eigenvalue weighted by Gasteiger charge is 1.97. The first kappa shape index (κ1) is 9.94. The molecule has 5 heteroatoms. The Morgan fingerprint density at radius 1 is 1.60 bits per heavy atom. The highest BCUT2D eigenvalue weighted by molar-refractivity contribution is 9.11. The zero-order chi connectivity index (χ0) is 6.85. The van der Waals surface area contributed by atoms with Gasteiger partial charge in [0.1, 0.15) is 5.84 Å². The highest BCUT2D eigenvalue weighted by Crippen LogP contribution is 2.20. The van der Waals surface area contributed by atoms with Gasteiger partial charge in [0.2, 0.25) is 0 Å².